The summed E-state index contributed by atoms with van der Waals surface area (Å²) < 4.78 is 1.24. The lowest BCUT2D eigenvalue weighted by Gasteiger charge is -2.34. The Labute approximate surface area is 191 Å². The molecule has 1 aliphatic rings. The number of thioether (sulfide) groups is 2. The van der Waals surface area contributed by atoms with Gasteiger partial charge in [0.15, 0.2) is 5.13 Å². The van der Waals surface area contributed by atoms with E-state index in [1.54, 1.807) is 23.1 Å². The number of carbonyl (C=O) groups excluding carboxylic acids is 1. The van der Waals surface area contributed by atoms with E-state index in [-0.39, 0.29) is 5.91 Å². The number of fused-ring (bicyclic) bond motifs is 1. The first-order valence-corrected chi connectivity index (χ1v) is 13.3. The number of aryl methyl sites for hydroxylation is 1. The van der Waals surface area contributed by atoms with E-state index in [4.69, 9.17) is 4.98 Å². The van der Waals surface area contributed by atoms with Gasteiger partial charge in [-0.3, -0.25) is 4.79 Å². The highest BCUT2D eigenvalue weighted by Gasteiger charge is 2.23. The van der Waals surface area contributed by atoms with E-state index in [0.29, 0.717) is 6.42 Å². The van der Waals surface area contributed by atoms with Crippen LogP contribution in [0.5, 0.6) is 0 Å². The number of rotatable bonds is 7. The van der Waals surface area contributed by atoms with Crippen LogP contribution in [0.3, 0.4) is 0 Å². The molecule has 0 spiro atoms. The van der Waals surface area contributed by atoms with Gasteiger partial charge in [0.05, 0.1) is 10.2 Å². The molecular weight excluding hydrogens is 430 g/mol. The fourth-order valence-electron chi connectivity index (χ4n) is 3.56. The predicted octanol–water partition coefficient (Wildman–Crippen LogP) is 5.55. The molecule has 1 aliphatic heterocycles. The fraction of sp³-hybridized carbons (Fsp3) is 0.391. The van der Waals surface area contributed by atoms with E-state index in [1.165, 1.54) is 20.1 Å². The summed E-state index contributed by atoms with van der Waals surface area (Å²) in [5.41, 5.74) is 2.39. The molecule has 1 aromatic heterocycles. The van der Waals surface area contributed by atoms with Gasteiger partial charge in [-0.2, -0.15) is 0 Å². The molecule has 158 valence electrons. The topological polar surface area (TPSA) is 36.4 Å². The van der Waals surface area contributed by atoms with Gasteiger partial charge in [-0.15, -0.1) is 23.5 Å². The zero-order valence-electron chi connectivity index (χ0n) is 17.5. The number of thiazole rings is 1. The molecule has 4 rings (SSSR count). The summed E-state index contributed by atoms with van der Waals surface area (Å²) in [7, 11) is 0. The van der Waals surface area contributed by atoms with Crippen LogP contribution in [0, 0.1) is 6.92 Å². The summed E-state index contributed by atoms with van der Waals surface area (Å²) >= 11 is 5.33. The molecule has 7 heteroatoms. The summed E-state index contributed by atoms with van der Waals surface area (Å²) in [4.78, 5) is 24.3. The number of para-hydroxylation sites is 1. The predicted molar refractivity (Wildman–Crippen MR) is 131 cm³/mol. The van der Waals surface area contributed by atoms with Crippen LogP contribution in [-0.4, -0.2) is 54.0 Å². The van der Waals surface area contributed by atoms with E-state index < -0.39 is 0 Å². The maximum Gasteiger partial charge on any atom is 0.222 e. The van der Waals surface area contributed by atoms with Gasteiger partial charge < -0.3 is 9.80 Å². The molecule has 2 aromatic carbocycles. The summed E-state index contributed by atoms with van der Waals surface area (Å²) in [5.74, 6) is 1.27. The molecule has 2 heterocycles. The summed E-state index contributed by atoms with van der Waals surface area (Å²) in [6.07, 6.45) is 3.65. The molecule has 0 aliphatic carbocycles. The van der Waals surface area contributed by atoms with Gasteiger partial charge in [-0.05, 0) is 49.6 Å². The average molecular weight is 458 g/mol. The van der Waals surface area contributed by atoms with E-state index in [2.05, 4.69) is 60.5 Å². The second-order valence-corrected chi connectivity index (χ2v) is 10.5. The molecule has 0 saturated carbocycles. The molecule has 1 fully saturated rings. The van der Waals surface area contributed by atoms with Crippen molar-refractivity contribution in [3.05, 3.63) is 48.0 Å². The van der Waals surface area contributed by atoms with Crippen molar-refractivity contribution in [2.75, 3.05) is 43.1 Å². The van der Waals surface area contributed by atoms with E-state index in [9.17, 15) is 4.79 Å². The van der Waals surface area contributed by atoms with Crippen molar-refractivity contribution in [3.8, 4) is 0 Å². The van der Waals surface area contributed by atoms with Crippen molar-refractivity contribution >= 4 is 56.1 Å². The van der Waals surface area contributed by atoms with Crippen molar-refractivity contribution in [1.82, 2.24) is 9.88 Å². The smallest absolute Gasteiger partial charge is 0.222 e. The number of carbonyl (C=O) groups is 1. The molecule has 0 unspecified atom stereocenters. The van der Waals surface area contributed by atoms with Crippen LogP contribution in [0.1, 0.15) is 18.4 Å². The maximum absolute atomic E-state index is 12.6. The Bertz CT molecular complexity index is 995. The first kappa shape index (κ1) is 21.5. The minimum Gasteiger partial charge on any atom is -0.345 e. The van der Waals surface area contributed by atoms with Gasteiger partial charge in [0.2, 0.25) is 5.91 Å². The Balaban J connectivity index is 1.24. The van der Waals surface area contributed by atoms with Gasteiger partial charge in [0.1, 0.15) is 0 Å². The normalized spacial score (nSPS) is 14.5. The monoisotopic (exact) mass is 457 g/mol. The third kappa shape index (κ3) is 5.13. The molecule has 0 radical (unpaired) electrons. The first-order valence-electron chi connectivity index (χ1n) is 10.3. The third-order valence-electron chi connectivity index (χ3n) is 5.32. The highest BCUT2D eigenvalue weighted by atomic mass is 32.2. The number of benzene rings is 2. The van der Waals surface area contributed by atoms with Crippen LogP contribution in [0.2, 0.25) is 0 Å². The van der Waals surface area contributed by atoms with Crippen LogP contribution in [-0.2, 0) is 4.79 Å². The highest BCUT2D eigenvalue weighted by molar-refractivity contribution is 7.99. The van der Waals surface area contributed by atoms with Crippen LogP contribution in [0.25, 0.3) is 10.2 Å². The molecule has 0 atom stereocenters. The maximum atomic E-state index is 12.6. The largest absolute Gasteiger partial charge is 0.345 e. The van der Waals surface area contributed by atoms with Gasteiger partial charge in [0.25, 0.3) is 0 Å². The molecule has 1 saturated heterocycles. The van der Waals surface area contributed by atoms with Crippen LogP contribution in [0.4, 0.5) is 5.13 Å². The lowest BCUT2D eigenvalue weighted by atomic mass is 10.2. The van der Waals surface area contributed by atoms with E-state index >= 15 is 0 Å². The fourth-order valence-corrected chi connectivity index (χ4v) is 6.09. The highest BCUT2D eigenvalue weighted by Crippen LogP contribution is 2.34. The van der Waals surface area contributed by atoms with Crippen molar-refractivity contribution in [3.63, 3.8) is 0 Å². The Morgan fingerprint density at radius 3 is 2.60 bits per heavy atom. The molecule has 30 heavy (non-hydrogen) atoms. The molecule has 0 bridgehead atoms. The Hall–Kier alpha value is -1.70. The second kappa shape index (κ2) is 10.1. The van der Waals surface area contributed by atoms with Crippen LogP contribution < -0.4 is 4.90 Å². The number of amides is 1. The SMILES string of the molecule is CSc1cccc2sc(N3CCN(C(=O)CCCSc4ccc(C)cc4)CC3)nc12. The van der Waals surface area contributed by atoms with Gasteiger partial charge >= 0.3 is 0 Å². The number of nitrogens with zero attached hydrogens (tertiary/aromatic N) is 3. The summed E-state index contributed by atoms with van der Waals surface area (Å²) in [6, 6.07) is 15.0. The van der Waals surface area contributed by atoms with Crippen molar-refractivity contribution in [1.29, 1.82) is 0 Å². The minimum absolute atomic E-state index is 0.285. The number of hydrogen-bond acceptors (Lipinski definition) is 6. The van der Waals surface area contributed by atoms with Crippen molar-refractivity contribution in [2.24, 2.45) is 0 Å². The average Bonchev–Trinajstić information content (AvgIpc) is 3.22. The third-order valence-corrected chi connectivity index (χ3v) is 8.27. The van der Waals surface area contributed by atoms with Gasteiger partial charge in [0, 0.05) is 42.4 Å². The van der Waals surface area contributed by atoms with Crippen molar-refractivity contribution in [2.45, 2.75) is 29.6 Å². The Morgan fingerprint density at radius 2 is 1.87 bits per heavy atom. The van der Waals surface area contributed by atoms with E-state index in [0.717, 1.165) is 49.0 Å². The number of piperazine rings is 1. The summed E-state index contributed by atoms with van der Waals surface area (Å²) in [5, 5.41) is 1.08. The van der Waals surface area contributed by atoms with Crippen LogP contribution >= 0.6 is 34.9 Å². The zero-order valence-corrected chi connectivity index (χ0v) is 19.9. The number of anilines is 1. The van der Waals surface area contributed by atoms with Gasteiger partial charge in [-0.25, -0.2) is 4.98 Å². The van der Waals surface area contributed by atoms with E-state index in [1.807, 2.05) is 16.7 Å². The molecule has 0 N–H and O–H groups in total. The lowest BCUT2D eigenvalue weighted by molar-refractivity contribution is -0.131. The van der Waals surface area contributed by atoms with Gasteiger partial charge in [-0.1, -0.05) is 35.1 Å². The summed E-state index contributed by atoms with van der Waals surface area (Å²) in [6.45, 7) is 5.40. The molecule has 1 amide bonds. The lowest BCUT2D eigenvalue weighted by Crippen LogP contribution is -2.48. The second-order valence-electron chi connectivity index (χ2n) is 7.44. The standard InChI is InChI=1S/C23H27N3OS3/c1-17-8-10-18(11-9-17)29-16-4-7-21(27)25-12-14-26(15-13-25)23-24-22-19(28-2)5-3-6-20(22)30-23/h3,5-6,8-11H,4,7,12-16H2,1-2H3. The Kier molecular flexibility index (Phi) is 7.23. The zero-order chi connectivity index (χ0) is 20.9. The molecular formula is C23H27N3OS3. The number of aromatic nitrogens is 1. The quantitative estimate of drug-likeness (QED) is 0.343. The number of hydrogen-bond donors (Lipinski definition) is 0. The minimum atomic E-state index is 0.285. The molecule has 4 nitrogen and oxygen atoms in total. The first-order chi connectivity index (χ1) is 14.6. The van der Waals surface area contributed by atoms with Crippen molar-refractivity contribution < 1.29 is 4.79 Å². The van der Waals surface area contributed by atoms with Crippen LogP contribution in [0.15, 0.2) is 52.3 Å². The Morgan fingerprint density at radius 1 is 1.10 bits per heavy atom. The molecule has 3 aromatic rings.